The lowest BCUT2D eigenvalue weighted by molar-refractivity contribution is -0.190. The van der Waals surface area contributed by atoms with Crippen LogP contribution in [0.1, 0.15) is 101 Å². The highest BCUT2D eigenvalue weighted by Gasteiger charge is 2.55. The maximum atomic E-state index is 14.3. The van der Waals surface area contributed by atoms with Crippen molar-refractivity contribution in [1.82, 2.24) is 19.4 Å². The normalized spacial score (nSPS) is 22.4. The maximum absolute atomic E-state index is 14.3. The van der Waals surface area contributed by atoms with Gasteiger partial charge in [-0.25, -0.2) is 24.2 Å². The minimum Gasteiger partial charge on any atom is -0.504 e. The summed E-state index contributed by atoms with van der Waals surface area (Å²) in [6.45, 7) is 4.27. The molecule has 6 aliphatic heterocycles. The Balaban J connectivity index is 0.689. The molecule has 3 fully saturated rings. The third kappa shape index (κ3) is 9.01. The van der Waals surface area contributed by atoms with E-state index in [1.165, 1.54) is 63.8 Å². The van der Waals surface area contributed by atoms with Crippen LogP contribution in [0.4, 0.5) is 4.79 Å². The lowest BCUT2D eigenvalue weighted by Gasteiger charge is -2.39. The number of carbonyl (C=O) groups is 5. The molecule has 2 aromatic heterocycles. The van der Waals surface area contributed by atoms with Gasteiger partial charge in [0.2, 0.25) is 18.1 Å². The number of hydrogen-bond acceptors (Lipinski definition) is 19. The van der Waals surface area contributed by atoms with Crippen molar-refractivity contribution in [3.63, 3.8) is 0 Å². The Labute approximate surface area is 469 Å². The van der Waals surface area contributed by atoms with Gasteiger partial charge in [-0.3, -0.25) is 9.59 Å². The number of piperidine rings is 2. The second-order valence-electron chi connectivity index (χ2n) is 21.6. The molecule has 424 valence electrons. The number of nitrogens with zero attached hydrogens (tertiary/aromatic N) is 4. The lowest BCUT2D eigenvalue weighted by atomic mass is 9.66. The zero-order valence-corrected chi connectivity index (χ0v) is 45.3. The lowest BCUT2D eigenvalue weighted by Crippen LogP contribution is -2.48. The van der Waals surface area contributed by atoms with E-state index in [4.69, 9.17) is 52.4 Å². The number of cyclic esters (lactones) is 2. The van der Waals surface area contributed by atoms with Crippen LogP contribution in [-0.4, -0.2) is 121 Å². The van der Waals surface area contributed by atoms with Gasteiger partial charge in [0.05, 0.1) is 61.3 Å². The smallest absolute Gasteiger partial charge is 0.415 e. The number of benzene rings is 4. The van der Waals surface area contributed by atoms with Crippen molar-refractivity contribution < 1.29 is 76.4 Å². The molecule has 0 spiro atoms. The molecule has 3 saturated heterocycles. The first kappa shape index (κ1) is 52.5. The highest BCUT2D eigenvalue weighted by atomic mass is 16.7. The Morgan fingerprint density at radius 1 is 0.817 bits per heavy atom. The summed E-state index contributed by atoms with van der Waals surface area (Å²) in [4.78, 5) is 92.2. The van der Waals surface area contributed by atoms with Gasteiger partial charge in [0.15, 0.2) is 29.6 Å². The minimum absolute atomic E-state index is 0.0377. The van der Waals surface area contributed by atoms with Crippen LogP contribution in [0.25, 0.3) is 22.3 Å². The van der Waals surface area contributed by atoms with E-state index >= 15 is 0 Å². The molecule has 21 nitrogen and oxygen atoms in total. The predicted molar refractivity (Wildman–Crippen MR) is 288 cm³/mol. The molecule has 8 heterocycles. The van der Waals surface area contributed by atoms with Gasteiger partial charge in [0, 0.05) is 53.0 Å². The van der Waals surface area contributed by atoms with Crippen LogP contribution >= 0.6 is 0 Å². The Morgan fingerprint density at radius 2 is 1.57 bits per heavy atom. The van der Waals surface area contributed by atoms with E-state index in [9.17, 15) is 33.9 Å². The minimum atomic E-state index is -1.99. The molecular weight excluding hydrogens is 1060 g/mol. The summed E-state index contributed by atoms with van der Waals surface area (Å²) in [5.41, 5.74) is 2.03. The van der Waals surface area contributed by atoms with E-state index in [0.29, 0.717) is 75.4 Å². The first-order chi connectivity index (χ1) is 39.8. The molecule has 1 unspecified atom stereocenters. The standard InChI is InChI=1S/C61H58N4O17/c1-4-61(43-26-45-53-35(27-65(45)56(68)41(43)28-77-59(61)71)20-33-21-38(12-13-44(33)62-53)80-60(72)64-18-14-36(15-19-64)63-16-6-5-7-17-63)82-50(67)30-75-37-10-8-32(9-11-37)57(69)81-54-40-25-48-47(78-31-79-48)24-39(40)51(52-42(54)29-76-58(52)70)34-22-46(66)55(74-3)49(23-34)73-2/h8-13,20-26,36,42,51-52,54,66H,4-7,14-19,27-31H2,1-3H3/t42-,51+,52+,54?,61+/m1/s1. The van der Waals surface area contributed by atoms with E-state index in [-0.39, 0.29) is 72.7 Å². The summed E-state index contributed by atoms with van der Waals surface area (Å²) in [6, 6.07) is 21.8. The third-order valence-electron chi connectivity index (χ3n) is 17.2. The first-order valence-corrected chi connectivity index (χ1v) is 27.6. The summed E-state index contributed by atoms with van der Waals surface area (Å²) >= 11 is 0. The molecule has 21 heteroatoms. The van der Waals surface area contributed by atoms with E-state index in [1.807, 2.05) is 6.07 Å². The number of aromatic nitrogens is 2. The summed E-state index contributed by atoms with van der Waals surface area (Å²) in [5, 5.41) is 11.7. The predicted octanol–water partition coefficient (Wildman–Crippen LogP) is 7.44. The van der Waals surface area contributed by atoms with E-state index < -0.39 is 71.6 Å². The van der Waals surface area contributed by atoms with Crippen LogP contribution < -0.4 is 34.0 Å². The zero-order chi connectivity index (χ0) is 56.6. The average molecular weight is 1120 g/mol. The highest BCUT2D eigenvalue weighted by Crippen LogP contribution is 2.57. The highest BCUT2D eigenvalue weighted by molar-refractivity contribution is 5.91. The van der Waals surface area contributed by atoms with Crippen LogP contribution in [0.5, 0.6) is 40.2 Å². The van der Waals surface area contributed by atoms with Crippen LogP contribution in [0.15, 0.2) is 83.7 Å². The van der Waals surface area contributed by atoms with Crippen molar-refractivity contribution in [1.29, 1.82) is 0 Å². The SMILES string of the molecule is CC[C@@]1(OC(=O)COc2ccc(C(=O)OC3c4cc5c(cc4[C@H](c4cc(O)c(OC)c(OC)c4)[C@H]4C(=O)OC[C@@H]34)OCO5)cc2)C(=O)OCc2c1cc1n(c2=O)Cc2cc3cc(OC(=O)N4CCC(N5CCCCC5)CC4)ccc3nc2-1. The number of phenolic OH excluding ortho intramolecular Hbond substituents is 1. The Hall–Kier alpha value is -8.85. The largest absolute Gasteiger partial charge is 0.504 e. The number of amides is 1. The van der Waals surface area contributed by atoms with Crippen molar-refractivity contribution in [3.05, 3.63) is 128 Å². The number of esters is 4. The van der Waals surface area contributed by atoms with Crippen molar-refractivity contribution in [3.8, 4) is 51.6 Å². The summed E-state index contributed by atoms with van der Waals surface area (Å²) in [6.07, 6.45) is 4.13. The number of likely N-dealkylation sites (tertiary alicyclic amines) is 2. The number of carbonyl (C=O) groups excluding carboxylic acids is 5. The molecule has 0 saturated carbocycles. The molecule has 1 N–H and O–H groups in total. The van der Waals surface area contributed by atoms with Crippen molar-refractivity contribution in [2.24, 2.45) is 11.8 Å². The molecule has 0 radical (unpaired) electrons. The van der Waals surface area contributed by atoms with Crippen LogP contribution in [0.3, 0.4) is 0 Å². The molecule has 7 aliphatic rings. The average Bonchev–Trinajstić information content (AvgIpc) is 3.04. The molecular formula is C61H58N4O17. The Kier molecular flexibility index (Phi) is 13.4. The molecule has 0 bridgehead atoms. The number of methoxy groups -OCH3 is 2. The number of fused-ring (bicyclic) bond motifs is 8. The monoisotopic (exact) mass is 1120 g/mol. The second-order valence-corrected chi connectivity index (χ2v) is 21.6. The fourth-order valence-electron chi connectivity index (χ4n) is 13.1. The van der Waals surface area contributed by atoms with Crippen molar-refractivity contribution in [2.45, 2.75) is 82.3 Å². The van der Waals surface area contributed by atoms with Gasteiger partial charge in [-0.1, -0.05) is 13.3 Å². The topological polar surface area (TPSA) is 239 Å². The van der Waals surface area contributed by atoms with Gasteiger partial charge in [-0.05, 0) is 135 Å². The third-order valence-corrected chi connectivity index (χ3v) is 17.2. The van der Waals surface area contributed by atoms with Crippen LogP contribution in [0, 0.1) is 11.8 Å². The molecule has 1 aliphatic carbocycles. The molecule has 4 aromatic carbocycles. The molecule has 5 atom stereocenters. The van der Waals surface area contributed by atoms with E-state index in [0.717, 1.165) is 31.5 Å². The van der Waals surface area contributed by atoms with Gasteiger partial charge in [0.25, 0.3) is 5.56 Å². The number of hydrogen-bond donors (Lipinski definition) is 1. The number of phenols is 1. The fraction of sp³-hybridized carbons (Fsp3) is 0.393. The molecule has 6 aromatic rings. The van der Waals surface area contributed by atoms with E-state index in [1.54, 1.807) is 58.9 Å². The van der Waals surface area contributed by atoms with Gasteiger partial charge in [-0.2, -0.15) is 0 Å². The zero-order valence-electron chi connectivity index (χ0n) is 45.3. The second kappa shape index (κ2) is 20.9. The first-order valence-electron chi connectivity index (χ1n) is 27.6. The molecule has 13 rings (SSSR count). The van der Waals surface area contributed by atoms with Crippen LogP contribution in [0.2, 0.25) is 0 Å². The Bertz CT molecular complexity index is 3680. The fourth-order valence-corrected chi connectivity index (χ4v) is 13.1. The van der Waals surface area contributed by atoms with Crippen LogP contribution in [-0.2, 0) is 52.1 Å². The van der Waals surface area contributed by atoms with Gasteiger partial charge in [-0.15, -0.1) is 0 Å². The maximum Gasteiger partial charge on any atom is 0.415 e. The summed E-state index contributed by atoms with van der Waals surface area (Å²) < 4.78 is 59.1. The van der Waals surface area contributed by atoms with Crippen molar-refractivity contribution >= 4 is 40.9 Å². The van der Waals surface area contributed by atoms with Gasteiger partial charge < -0.3 is 66.8 Å². The number of ether oxygens (including phenoxy) is 10. The van der Waals surface area contributed by atoms with Crippen molar-refractivity contribution in [2.75, 3.05) is 60.4 Å². The molecule has 1 amide bonds. The van der Waals surface area contributed by atoms with Gasteiger partial charge in [0.1, 0.15) is 24.2 Å². The number of aromatic hydroxyl groups is 1. The summed E-state index contributed by atoms with van der Waals surface area (Å²) in [5.74, 6) is -3.60. The quantitative estimate of drug-likeness (QED) is 0.0923. The molecule has 82 heavy (non-hydrogen) atoms. The van der Waals surface area contributed by atoms with E-state index in [2.05, 4.69) is 4.90 Å². The summed E-state index contributed by atoms with van der Waals surface area (Å²) in [7, 11) is 2.84. The number of rotatable bonds is 12. The number of pyridine rings is 2. The Morgan fingerprint density at radius 3 is 2.32 bits per heavy atom. The van der Waals surface area contributed by atoms with Gasteiger partial charge >= 0.3 is 30.0 Å².